The SMILES string of the molecule is CC(C)(CS)C(S)C1(S)CCCCC1S. The summed E-state index contributed by atoms with van der Waals surface area (Å²) in [5.41, 5.74) is 0.103. The Bertz CT molecular complexity index is 217. The van der Waals surface area contributed by atoms with Gasteiger partial charge in [-0.3, -0.25) is 0 Å². The molecule has 0 heterocycles. The normalized spacial score (nSPS) is 35.2. The first-order valence-corrected chi connectivity index (χ1v) is 7.65. The molecule has 0 bridgehead atoms. The minimum atomic E-state index is -0.0449. The third-order valence-corrected chi connectivity index (χ3v) is 7.40. The van der Waals surface area contributed by atoms with E-state index in [1.165, 1.54) is 12.8 Å². The second kappa shape index (κ2) is 5.36. The Morgan fingerprint density at radius 3 is 2.47 bits per heavy atom. The average molecular weight is 283 g/mol. The summed E-state index contributed by atoms with van der Waals surface area (Å²) < 4.78 is -0.0449. The van der Waals surface area contributed by atoms with Crippen LogP contribution in [0.25, 0.3) is 0 Å². The molecule has 3 unspecified atom stereocenters. The van der Waals surface area contributed by atoms with E-state index in [4.69, 9.17) is 37.9 Å². The molecule has 1 saturated carbocycles. The molecular formula is C11H22S4. The van der Waals surface area contributed by atoms with Crippen molar-refractivity contribution in [3.05, 3.63) is 0 Å². The standard InChI is InChI=1S/C11H22S4/c1-10(2,7-12)9(14)11(15)6-4-3-5-8(11)13/h8-9,12-15H,3-7H2,1-2H3. The van der Waals surface area contributed by atoms with Crippen molar-refractivity contribution in [2.75, 3.05) is 5.75 Å². The molecule has 0 spiro atoms. The van der Waals surface area contributed by atoms with E-state index in [2.05, 4.69) is 26.5 Å². The van der Waals surface area contributed by atoms with Crippen molar-refractivity contribution in [1.29, 1.82) is 0 Å². The largest absolute Gasteiger partial charge is 0.179 e. The van der Waals surface area contributed by atoms with Gasteiger partial charge in [0, 0.05) is 15.2 Å². The van der Waals surface area contributed by atoms with Gasteiger partial charge >= 0.3 is 0 Å². The smallest absolute Gasteiger partial charge is 0.0367 e. The Balaban J connectivity index is 2.83. The Morgan fingerprint density at radius 2 is 2.00 bits per heavy atom. The van der Waals surface area contributed by atoms with Crippen LogP contribution >= 0.6 is 50.5 Å². The minimum Gasteiger partial charge on any atom is -0.179 e. The fourth-order valence-corrected chi connectivity index (χ4v) is 4.19. The van der Waals surface area contributed by atoms with Crippen molar-refractivity contribution < 1.29 is 0 Å². The molecule has 0 radical (unpaired) electrons. The third kappa shape index (κ3) is 2.99. The fourth-order valence-electron chi connectivity index (χ4n) is 2.24. The molecule has 1 fully saturated rings. The van der Waals surface area contributed by atoms with Crippen molar-refractivity contribution in [2.24, 2.45) is 5.41 Å². The highest BCUT2D eigenvalue weighted by molar-refractivity contribution is 7.88. The van der Waals surface area contributed by atoms with Crippen LogP contribution < -0.4 is 0 Å². The van der Waals surface area contributed by atoms with Gasteiger partial charge in [-0.05, 0) is 24.0 Å². The Morgan fingerprint density at radius 1 is 1.40 bits per heavy atom. The van der Waals surface area contributed by atoms with Crippen LogP contribution in [0.5, 0.6) is 0 Å². The van der Waals surface area contributed by atoms with Crippen LogP contribution in [-0.4, -0.2) is 21.0 Å². The Labute approximate surface area is 116 Å². The van der Waals surface area contributed by atoms with Crippen LogP contribution in [0.2, 0.25) is 0 Å². The monoisotopic (exact) mass is 282 g/mol. The van der Waals surface area contributed by atoms with Gasteiger partial charge in [0.25, 0.3) is 0 Å². The molecule has 0 aromatic heterocycles. The zero-order chi connectivity index (χ0) is 11.7. The first-order valence-electron chi connectivity index (χ1n) is 5.54. The topological polar surface area (TPSA) is 0 Å². The lowest BCUT2D eigenvalue weighted by molar-refractivity contribution is 0.297. The summed E-state index contributed by atoms with van der Waals surface area (Å²) in [7, 11) is 0. The maximum atomic E-state index is 4.90. The van der Waals surface area contributed by atoms with Crippen LogP contribution in [0.15, 0.2) is 0 Å². The van der Waals surface area contributed by atoms with E-state index >= 15 is 0 Å². The highest BCUT2D eigenvalue weighted by atomic mass is 32.1. The minimum absolute atomic E-state index is 0.0449. The molecule has 15 heavy (non-hydrogen) atoms. The van der Waals surface area contributed by atoms with E-state index in [0.29, 0.717) is 5.25 Å². The van der Waals surface area contributed by atoms with Gasteiger partial charge < -0.3 is 0 Å². The number of hydrogen-bond acceptors (Lipinski definition) is 4. The van der Waals surface area contributed by atoms with Crippen molar-refractivity contribution >= 4 is 50.5 Å². The highest BCUT2D eigenvalue weighted by Gasteiger charge is 2.46. The Kier molecular flexibility index (Phi) is 5.17. The quantitative estimate of drug-likeness (QED) is 0.556. The zero-order valence-corrected chi connectivity index (χ0v) is 13.1. The van der Waals surface area contributed by atoms with Crippen LogP contribution in [0, 0.1) is 5.41 Å². The molecule has 4 heteroatoms. The van der Waals surface area contributed by atoms with E-state index in [1.807, 2.05) is 0 Å². The molecule has 0 aromatic carbocycles. The van der Waals surface area contributed by atoms with E-state index in [9.17, 15) is 0 Å². The summed E-state index contributed by atoms with van der Waals surface area (Å²) in [6, 6.07) is 0. The summed E-state index contributed by atoms with van der Waals surface area (Å²) in [5, 5.41) is 0.602. The summed E-state index contributed by atoms with van der Waals surface area (Å²) in [5.74, 6) is 0.837. The second-order valence-electron chi connectivity index (χ2n) is 5.30. The predicted molar refractivity (Wildman–Crippen MR) is 83.4 cm³/mol. The van der Waals surface area contributed by atoms with E-state index < -0.39 is 0 Å². The van der Waals surface area contributed by atoms with Crippen molar-refractivity contribution in [2.45, 2.75) is 54.8 Å². The average Bonchev–Trinajstić information content (AvgIpc) is 2.21. The maximum Gasteiger partial charge on any atom is 0.0367 e. The Hall–Kier alpha value is 1.40. The van der Waals surface area contributed by atoms with Crippen LogP contribution in [0.3, 0.4) is 0 Å². The van der Waals surface area contributed by atoms with Gasteiger partial charge in [-0.1, -0.05) is 26.7 Å². The lowest BCUT2D eigenvalue weighted by Gasteiger charge is -2.48. The predicted octanol–water partition coefficient (Wildman–Crippen LogP) is 3.78. The van der Waals surface area contributed by atoms with E-state index in [1.54, 1.807) is 0 Å². The highest BCUT2D eigenvalue weighted by Crippen LogP contribution is 2.47. The summed E-state index contributed by atoms with van der Waals surface area (Å²) in [4.78, 5) is 0. The first kappa shape index (κ1) is 14.5. The number of rotatable bonds is 3. The molecule has 0 aromatic rings. The van der Waals surface area contributed by atoms with Crippen molar-refractivity contribution in [3.63, 3.8) is 0 Å². The van der Waals surface area contributed by atoms with Crippen LogP contribution in [-0.2, 0) is 0 Å². The summed E-state index contributed by atoms with van der Waals surface area (Å²) in [6.07, 6.45) is 4.81. The van der Waals surface area contributed by atoms with Gasteiger partial charge in [0.1, 0.15) is 0 Å². The van der Waals surface area contributed by atoms with Crippen LogP contribution in [0.1, 0.15) is 39.5 Å². The molecule has 0 N–H and O–H groups in total. The third-order valence-electron chi connectivity index (χ3n) is 3.50. The van der Waals surface area contributed by atoms with Crippen molar-refractivity contribution in [1.82, 2.24) is 0 Å². The number of thiol groups is 4. The fraction of sp³-hybridized carbons (Fsp3) is 1.00. The molecular weight excluding hydrogens is 260 g/mol. The lowest BCUT2D eigenvalue weighted by Crippen LogP contribution is -2.51. The molecule has 90 valence electrons. The van der Waals surface area contributed by atoms with E-state index in [-0.39, 0.29) is 15.4 Å². The molecule has 0 nitrogen and oxygen atoms in total. The van der Waals surface area contributed by atoms with Crippen molar-refractivity contribution in [3.8, 4) is 0 Å². The second-order valence-corrected chi connectivity index (χ2v) is 7.59. The summed E-state index contributed by atoms with van der Waals surface area (Å²) >= 11 is 18.8. The number of hydrogen-bond donors (Lipinski definition) is 4. The molecule has 0 saturated heterocycles. The zero-order valence-electron chi connectivity index (χ0n) is 9.48. The van der Waals surface area contributed by atoms with Gasteiger partial charge in [-0.25, -0.2) is 0 Å². The molecule has 3 atom stereocenters. The molecule has 1 aliphatic rings. The first-order chi connectivity index (χ1) is 6.84. The van der Waals surface area contributed by atoms with Gasteiger partial charge in [-0.15, -0.1) is 0 Å². The molecule has 1 aliphatic carbocycles. The maximum absolute atomic E-state index is 4.90. The molecule has 1 rings (SSSR count). The van der Waals surface area contributed by atoms with E-state index in [0.717, 1.165) is 18.6 Å². The summed E-state index contributed by atoms with van der Waals surface area (Å²) in [6.45, 7) is 4.43. The van der Waals surface area contributed by atoms with Gasteiger partial charge in [0.15, 0.2) is 0 Å². The lowest BCUT2D eigenvalue weighted by atomic mass is 9.75. The molecule has 0 aliphatic heterocycles. The van der Waals surface area contributed by atoms with Crippen LogP contribution in [0.4, 0.5) is 0 Å². The van der Waals surface area contributed by atoms with Gasteiger partial charge in [0.2, 0.25) is 0 Å². The van der Waals surface area contributed by atoms with Gasteiger partial charge in [0.05, 0.1) is 0 Å². The molecule has 0 amide bonds. The van der Waals surface area contributed by atoms with Gasteiger partial charge in [-0.2, -0.15) is 50.5 Å².